The minimum atomic E-state index is -0.109. The molecule has 5 heteroatoms. The predicted molar refractivity (Wildman–Crippen MR) is 88.5 cm³/mol. The van der Waals surface area contributed by atoms with Crippen molar-refractivity contribution < 1.29 is 9.53 Å². The molecule has 1 aromatic carbocycles. The van der Waals surface area contributed by atoms with E-state index in [9.17, 15) is 4.79 Å². The fourth-order valence-corrected chi connectivity index (χ4v) is 2.38. The van der Waals surface area contributed by atoms with E-state index >= 15 is 0 Å². The fraction of sp³-hybridized carbons (Fsp3) is 0.222. The van der Waals surface area contributed by atoms with Crippen LogP contribution < -0.4 is 10.1 Å². The van der Waals surface area contributed by atoms with Crippen LogP contribution in [0.5, 0.6) is 5.75 Å². The van der Waals surface area contributed by atoms with Gasteiger partial charge in [0.1, 0.15) is 11.6 Å². The number of fused-ring (bicyclic) bond motifs is 1. The molecule has 23 heavy (non-hydrogen) atoms. The number of benzene rings is 1. The Balaban J connectivity index is 1.39. The Hall–Kier alpha value is -2.82. The molecule has 0 unspecified atom stereocenters. The van der Waals surface area contributed by atoms with Crippen LogP contribution >= 0.6 is 0 Å². The van der Waals surface area contributed by atoms with Crippen molar-refractivity contribution in [3.63, 3.8) is 0 Å². The van der Waals surface area contributed by atoms with Gasteiger partial charge in [0.2, 0.25) is 0 Å². The van der Waals surface area contributed by atoms with E-state index in [1.165, 1.54) is 0 Å². The highest BCUT2D eigenvalue weighted by molar-refractivity contribution is 5.77. The molecule has 2 heterocycles. The van der Waals surface area contributed by atoms with Crippen molar-refractivity contribution >= 4 is 11.4 Å². The van der Waals surface area contributed by atoms with Crippen LogP contribution in [0.3, 0.4) is 0 Å². The maximum atomic E-state index is 11.7. The number of nitrogens with one attached hydrogen (secondary N) is 1. The minimum Gasteiger partial charge on any atom is -0.484 e. The molecule has 0 fully saturated rings. The van der Waals surface area contributed by atoms with Crippen molar-refractivity contribution in [2.45, 2.75) is 12.8 Å². The second kappa shape index (κ2) is 7.45. The summed E-state index contributed by atoms with van der Waals surface area (Å²) in [6.07, 6.45) is 5.52. The van der Waals surface area contributed by atoms with E-state index in [0.29, 0.717) is 12.3 Å². The molecule has 0 atom stereocenters. The van der Waals surface area contributed by atoms with Gasteiger partial charge in [-0.2, -0.15) is 0 Å². The smallest absolute Gasteiger partial charge is 0.257 e. The summed E-state index contributed by atoms with van der Waals surface area (Å²) < 4.78 is 7.47. The summed E-state index contributed by atoms with van der Waals surface area (Å²) in [4.78, 5) is 16.1. The molecule has 118 valence electrons. The number of aryl methyl sites for hydroxylation is 1. The number of hydrogen-bond donors (Lipinski definition) is 1. The molecule has 0 bridgehead atoms. The zero-order valence-corrected chi connectivity index (χ0v) is 12.8. The Morgan fingerprint density at radius 3 is 2.83 bits per heavy atom. The van der Waals surface area contributed by atoms with Crippen LogP contribution in [-0.2, 0) is 11.2 Å². The lowest BCUT2D eigenvalue weighted by Gasteiger charge is -2.07. The molecule has 5 nitrogen and oxygen atoms in total. The maximum Gasteiger partial charge on any atom is 0.257 e. The first-order chi connectivity index (χ1) is 11.3. The van der Waals surface area contributed by atoms with Gasteiger partial charge in [-0.1, -0.05) is 24.3 Å². The van der Waals surface area contributed by atoms with Gasteiger partial charge in [0.15, 0.2) is 6.61 Å². The number of aromatic nitrogens is 2. The monoisotopic (exact) mass is 309 g/mol. The van der Waals surface area contributed by atoms with Crippen LogP contribution in [0.15, 0.2) is 60.9 Å². The van der Waals surface area contributed by atoms with Crippen LogP contribution in [0, 0.1) is 0 Å². The number of para-hydroxylation sites is 1. The largest absolute Gasteiger partial charge is 0.484 e. The summed E-state index contributed by atoms with van der Waals surface area (Å²) in [6, 6.07) is 15.3. The Morgan fingerprint density at radius 1 is 1.13 bits per heavy atom. The molecule has 0 saturated carbocycles. The molecule has 1 amide bonds. The van der Waals surface area contributed by atoms with Crippen molar-refractivity contribution in [1.29, 1.82) is 0 Å². The summed E-state index contributed by atoms with van der Waals surface area (Å²) in [5.74, 6) is 1.60. The van der Waals surface area contributed by atoms with Crippen LogP contribution in [-0.4, -0.2) is 28.4 Å². The summed E-state index contributed by atoms with van der Waals surface area (Å²) in [6.45, 7) is 0.648. The number of carbonyl (C=O) groups is 1. The third kappa shape index (κ3) is 4.10. The Labute approximate surface area is 134 Å². The molecule has 0 aliphatic carbocycles. The first-order valence-electron chi connectivity index (χ1n) is 7.68. The molecule has 0 saturated heterocycles. The molecule has 3 aromatic rings. The average Bonchev–Trinajstić information content (AvgIpc) is 3.01. The molecule has 0 spiro atoms. The van der Waals surface area contributed by atoms with Gasteiger partial charge in [0, 0.05) is 19.2 Å². The second-order valence-corrected chi connectivity index (χ2v) is 5.23. The fourth-order valence-electron chi connectivity index (χ4n) is 2.38. The van der Waals surface area contributed by atoms with Crippen molar-refractivity contribution in [2.75, 3.05) is 13.2 Å². The zero-order valence-electron chi connectivity index (χ0n) is 12.8. The van der Waals surface area contributed by atoms with E-state index < -0.39 is 0 Å². The number of carbonyl (C=O) groups excluding carboxylic acids is 1. The molecule has 0 radical (unpaired) electrons. The highest BCUT2D eigenvalue weighted by Crippen LogP contribution is 2.08. The van der Waals surface area contributed by atoms with E-state index in [2.05, 4.69) is 14.7 Å². The van der Waals surface area contributed by atoms with Gasteiger partial charge in [-0.3, -0.25) is 4.79 Å². The van der Waals surface area contributed by atoms with E-state index in [-0.39, 0.29) is 12.5 Å². The van der Waals surface area contributed by atoms with Gasteiger partial charge in [-0.05, 0) is 30.7 Å². The van der Waals surface area contributed by atoms with E-state index in [1.807, 2.05) is 60.9 Å². The topological polar surface area (TPSA) is 55.6 Å². The highest BCUT2D eigenvalue weighted by atomic mass is 16.5. The molecule has 0 aliphatic heterocycles. The molecule has 1 N–H and O–H groups in total. The quantitative estimate of drug-likeness (QED) is 0.682. The van der Waals surface area contributed by atoms with Crippen molar-refractivity contribution in [3.05, 3.63) is 66.7 Å². The first kappa shape index (κ1) is 15.1. The number of ether oxygens (including phenoxy) is 1. The van der Waals surface area contributed by atoms with Crippen LogP contribution in [0.2, 0.25) is 0 Å². The van der Waals surface area contributed by atoms with Gasteiger partial charge in [0.05, 0.1) is 11.7 Å². The van der Waals surface area contributed by atoms with E-state index in [4.69, 9.17) is 4.74 Å². The van der Waals surface area contributed by atoms with Gasteiger partial charge < -0.3 is 14.5 Å². The van der Waals surface area contributed by atoms with Gasteiger partial charge in [0.25, 0.3) is 5.91 Å². The van der Waals surface area contributed by atoms with Crippen LogP contribution in [0.1, 0.15) is 12.2 Å². The molecular formula is C18H19N3O2. The zero-order chi connectivity index (χ0) is 15.9. The van der Waals surface area contributed by atoms with Crippen LogP contribution in [0.25, 0.3) is 5.52 Å². The van der Waals surface area contributed by atoms with E-state index in [0.717, 1.165) is 24.2 Å². The summed E-state index contributed by atoms with van der Waals surface area (Å²) >= 11 is 0. The molecular weight excluding hydrogens is 290 g/mol. The lowest BCUT2D eigenvalue weighted by molar-refractivity contribution is -0.123. The normalized spacial score (nSPS) is 10.6. The Morgan fingerprint density at radius 2 is 1.96 bits per heavy atom. The van der Waals surface area contributed by atoms with Crippen molar-refractivity contribution in [3.8, 4) is 5.75 Å². The SMILES string of the molecule is O=C(COc1ccccc1)NCCCc1ncc2ccccn12. The number of pyridine rings is 1. The molecule has 0 aliphatic rings. The highest BCUT2D eigenvalue weighted by Gasteiger charge is 2.04. The number of imidazole rings is 1. The number of hydrogen-bond acceptors (Lipinski definition) is 3. The first-order valence-corrected chi connectivity index (χ1v) is 7.68. The van der Waals surface area contributed by atoms with Crippen LogP contribution in [0.4, 0.5) is 0 Å². The van der Waals surface area contributed by atoms with Gasteiger partial charge in [-0.15, -0.1) is 0 Å². The summed E-state index contributed by atoms with van der Waals surface area (Å²) in [5, 5.41) is 2.86. The number of rotatable bonds is 7. The van der Waals surface area contributed by atoms with Crippen molar-refractivity contribution in [2.24, 2.45) is 0 Å². The van der Waals surface area contributed by atoms with Crippen molar-refractivity contribution in [1.82, 2.24) is 14.7 Å². The van der Waals surface area contributed by atoms with Gasteiger partial charge in [-0.25, -0.2) is 4.98 Å². The molecule has 3 rings (SSSR count). The lowest BCUT2D eigenvalue weighted by Crippen LogP contribution is -2.30. The second-order valence-electron chi connectivity index (χ2n) is 5.23. The number of nitrogens with zero attached hydrogens (tertiary/aromatic N) is 2. The molecule has 2 aromatic heterocycles. The van der Waals surface area contributed by atoms with E-state index in [1.54, 1.807) is 0 Å². The average molecular weight is 309 g/mol. The number of amides is 1. The summed E-state index contributed by atoms with van der Waals surface area (Å²) in [5.41, 5.74) is 1.09. The summed E-state index contributed by atoms with van der Waals surface area (Å²) in [7, 11) is 0. The maximum absolute atomic E-state index is 11.7. The third-order valence-corrected chi connectivity index (χ3v) is 3.53. The lowest BCUT2D eigenvalue weighted by atomic mass is 10.3. The standard InChI is InChI=1S/C18H19N3O2/c22-18(14-23-16-8-2-1-3-9-16)19-11-6-10-17-20-13-15-7-4-5-12-21(15)17/h1-5,7-9,12-13H,6,10-11,14H2,(H,19,22). The van der Waals surface area contributed by atoms with Gasteiger partial charge >= 0.3 is 0 Å². The third-order valence-electron chi connectivity index (χ3n) is 3.53. The Bertz CT molecular complexity index is 768. The Kier molecular flexibility index (Phi) is 4.88. The predicted octanol–water partition coefficient (Wildman–Crippen LogP) is 2.46. The minimum absolute atomic E-state index is 0.0380.